The molecule has 0 unspecified atom stereocenters. The second-order valence-electron chi connectivity index (χ2n) is 6.72. The van der Waals surface area contributed by atoms with Crippen molar-refractivity contribution >= 4 is 29.3 Å². The van der Waals surface area contributed by atoms with Crippen molar-refractivity contribution in [3.63, 3.8) is 0 Å². The van der Waals surface area contributed by atoms with Gasteiger partial charge < -0.3 is 23.7 Å². The summed E-state index contributed by atoms with van der Waals surface area (Å²) in [6.45, 7) is 2.47. The molecule has 1 aromatic carbocycles. The van der Waals surface area contributed by atoms with Crippen LogP contribution in [0.4, 0.5) is 15.8 Å². The van der Waals surface area contributed by atoms with Gasteiger partial charge in [0.05, 0.1) is 15.9 Å². The molecule has 33 heavy (non-hydrogen) atoms. The van der Waals surface area contributed by atoms with Gasteiger partial charge in [-0.25, -0.2) is 4.39 Å². The number of hydrogen-bond acceptors (Lipinski definition) is 12. The second kappa shape index (κ2) is 10.6. The molecular formula is C18H19FN2O12. The zero-order valence-electron chi connectivity index (χ0n) is 17.5. The minimum absolute atomic E-state index is 0.569. The Kier molecular flexibility index (Phi) is 8.17. The van der Waals surface area contributed by atoms with Gasteiger partial charge in [-0.05, 0) is 6.07 Å². The monoisotopic (exact) mass is 474 g/mol. The zero-order chi connectivity index (χ0) is 24.9. The molecule has 0 aliphatic carbocycles. The van der Waals surface area contributed by atoms with Gasteiger partial charge in [0.2, 0.25) is 18.2 Å². The van der Waals surface area contributed by atoms with E-state index in [1.807, 2.05) is 0 Å². The van der Waals surface area contributed by atoms with Crippen LogP contribution in [0.2, 0.25) is 0 Å². The Bertz CT molecular complexity index is 954. The van der Waals surface area contributed by atoms with Crippen molar-refractivity contribution in [1.29, 1.82) is 0 Å². The number of non-ortho nitro benzene ring substituents is 1. The predicted octanol–water partition coefficient (Wildman–Crippen LogP) is 1.37. The van der Waals surface area contributed by atoms with Crippen molar-refractivity contribution in [3.05, 3.63) is 38.4 Å². The first-order chi connectivity index (χ1) is 15.4. The van der Waals surface area contributed by atoms with Crippen LogP contribution in [0.25, 0.3) is 0 Å². The zero-order valence-corrected chi connectivity index (χ0v) is 17.5. The number of nitrogens with zero attached hydrogens (tertiary/aromatic N) is 2. The number of benzene rings is 1. The maximum Gasteiger partial charge on any atom is 0.317 e. The first-order valence-electron chi connectivity index (χ1n) is 9.27. The number of carbonyl (C=O) groups excluding carboxylic acids is 3. The van der Waals surface area contributed by atoms with Gasteiger partial charge in [0.25, 0.3) is 5.69 Å². The third-order valence-electron chi connectivity index (χ3n) is 4.22. The van der Waals surface area contributed by atoms with E-state index in [-0.39, 0.29) is 0 Å². The van der Waals surface area contributed by atoms with Crippen LogP contribution in [-0.2, 0) is 33.3 Å². The Balaban J connectivity index is 2.42. The molecule has 180 valence electrons. The molecule has 2 rings (SSSR count). The van der Waals surface area contributed by atoms with Gasteiger partial charge in [-0.1, -0.05) is 0 Å². The Morgan fingerprint density at radius 3 is 2.12 bits per heavy atom. The van der Waals surface area contributed by atoms with Crippen LogP contribution in [-0.4, -0.2) is 65.1 Å². The average Bonchev–Trinajstić information content (AvgIpc) is 2.70. The minimum Gasteiger partial charge on any atom is -0.463 e. The first-order valence-corrected chi connectivity index (χ1v) is 9.27. The fourth-order valence-electron chi connectivity index (χ4n) is 2.94. The van der Waals surface area contributed by atoms with Crippen LogP contribution in [0, 0.1) is 20.2 Å². The molecule has 1 aliphatic heterocycles. The molecule has 5 atom stereocenters. The summed E-state index contributed by atoms with van der Waals surface area (Å²) in [6, 6.07) is 2.36. The number of esters is 3. The SMILES string of the molecule is CC(=O)OC[C@H]1O[C@@H](Oc2ccc([N+](=O)[O-])cc2[N+](=O)[O-])[C@H](F)[C@@H](OC(C)=O)[C@H]1OC(C)=O. The normalized spacial score (nSPS) is 24.3. The second-order valence-corrected chi connectivity index (χ2v) is 6.72. The van der Waals surface area contributed by atoms with Crippen molar-refractivity contribution in [1.82, 2.24) is 0 Å². The fraction of sp³-hybridized carbons (Fsp3) is 0.500. The topological polar surface area (TPSA) is 184 Å². The largest absolute Gasteiger partial charge is 0.463 e. The lowest BCUT2D eigenvalue weighted by molar-refractivity contribution is -0.395. The number of halogens is 1. The summed E-state index contributed by atoms with van der Waals surface area (Å²) in [5.41, 5.74) is -1.47. The standard InChI is InChI=1S/C18H19FN2O12/c1-8(22)29-7-14-16(30-9(2)23)17(31-10(3)24)15(19)18(33-14)32-13-5-4-11(20(25)26)6-12(13)21(27)28/h4-6,14-18H,7H2,1-3H3/t14-,15-,16+,17-,18-/m1/s1. The molecule has 0 aromatic heterocycles. The smallest absolute Gasteiger partial charge is 0.317 e. The molecule has 1 fully saturated rings. The van der Waals surface area contributed by atoms with Gasteiger partial charge in [-0.2, -0.15) is 0 Å². The van der Waals surface area contributed by atoms with E-state index in [0.717, 1.165) is 32.9 Å². The summed E-state index contributed by atoms with van der Waals surface area (Å²) in [5.74, 6) is -3.17. The Labute approximate surface area is 184 Å². The summed E-state index contributed by atoms with van der Waals surface area (Å²) in [6.07, 6.45) is -9.03. The summed E-state index contributed by atoms with van der Waals surface area (Å²) in [5, 5.41) is 22.2. The van der Waals surface area contributed by atoms with Gasteiger partial charge in [-0.15, -0.1) is 0 Å². The van der Waals surface area contributed by atoms with Gasteiger partial charge in [-0.3, -0.25) is 34.6 Å². The molecule has 15 heteroatoms. The van der Waals surface area contributed by atoms with Crippen molar-refractivity contribution in [3.8, 4) is 5.75 Å². The van der Waals surface area contributed by atoms with Crippen LogP contribution >= 0.6 is 0 Å². The molecule has 0 radical (unpaired) electrons. The third-order valence-corrected chi connectivity index (χ3v) is 4.22. The molecular weight excluding hydrogens is 455 g/mol. The number of ether oxygens (including phenoxy) is 5. The molecule has 1 aromatic rings. The van der Waals surface area contributed by atoms with Crippen molar-refractivity contribution < 1.29 is 52.3 Å². The molecule has 1 heterocycles. The molecule has 1 aliphatic rings. The van der Waals surface area contributed by atoms with Crippen LogP contribution in [0.15, 0.2) is 18.2 Å². The van der Waals surface area contributed by atoms with E-state index in [9.17, 15) is 34.6 Å². The van der Waals surface area contributed by atoms with E-state index in [0.29, 0.717) is 6.07 Å². The van der Waals surface area contributed by atoms with Crippen molar-refractivity contribution in [2.45, 2.75) is 51.5 Å². The van der Waals surface area contributed by atoms with E-state index < -0.39 is 82.3 Å². The Morgan fingerprint density at radius 2 is 1.61 bits per heavy atom. The van der Waals surface area contributed by atoms with E-state index in [1.165, 1.54) is 0 Å². The summed E-state index contributed by atoms with van der Waals surface area (Å²) in [7, 11) is 0. The molecule has 0 spiro atoms. The minimum atomic E-state index is -2.33. The van der Waals surface area contributed by atoms with Crippen molar-refractivity contribution in [2.75, 3.05) is 6.61 Å². The van der Waals surface area contributed by atoms with Crippen LogP contribution in [0.5, 0.6) is 5.75 Å². The highest BCUT2D eigenvalue weighted by Crippen LogP contribution is 2.35. The highest BCUT2D eigenvalue weighted by atomic mass is 19.1. The lowest BCUT2D eigenvalue weighted by Gasteiger charge is -2.41. The first kappa shape index (κ1) is 25.4. The summed E-state index contributed by atoms with van der Waals surface area (Å²) >= 11 is 0. The molecule has 14 nitrogen and oxygen atoms in total. The van der Waals surface area contributed by atoms with Crippen LogP contribution in [0.3, 0.4) is 0 Å². The van der Waals surface area contributed by atoms with Crippen molar-refractivity contribution in [2.24, 2.45) is 0 Å². The predicted molar refractivity (Wildman–Crippen MR) is 102 cm³/mol. The summed E-state index contributed by atoms with van der Waals surface area (Å²) < 4.78 is 40.7. The van der Waals surface area contributed by atoms with Crippen LogP contribution < -0.4 is 4.74 Å². The lowest BCUT2D eigenvalue weighted by atomic mass is 9.99. The third kappa shape index (κ3) is 6.55. The fourth-order valence-corrected chi connectivity index (χ4v) is 2.94. The maximum absolute atomic E-state index is 15.3. The number of nitro groups is 2. The van der Waals surface area contributed by atoms with Gasteiger partial charge in [0, 0.05) is 26.8 Å². The quantitative estimate of drug-likeness (QED) is 0.228. The van der Waals surface area contributed by atoms with E-state index in [4.69, 9.17) is 23.7 Å². The number of hydrogen-bond donors (Lipinski definition) is 0. The number of rotatable bonds is 8. The number of alkyl halides is 1. The Morgan fingerprint density at radius 1 is 1.00 bits per heavy atom. The molecule has 0 saturated carbocycles. The number of nitro benzene ring substituents is 2. The summed E-state index contributed by atoms with van der Waals surface area (Å²) in [4.78, 5) is 54.6. The highest BCUT2D eigenvalue weighted by molar-refractivity contribution is 5.68. The maximum atomic E-state index is 15.3. The average molecular weight is 474 g/mol. The van der Waals surface area contributed by atoms with E-state index in [1.54, 1.807) is 0 Å². The Hall–Kier alpha value is -3.88. The molecule has 1 saturated heterocycles. The van der Waals surface area contributed by atoms with Gasteiger partial charge >= 0.3 is 23.6 Å². The number of carbonyl (C=O) groups is 3. The molecule has 0 bridgehead atoms. The van der Waals surface area contributed by atoms with Crippen LogP contribution in [0.1, 0.15) is 20.8 Å². The highest BCUT2D eigenvalue weighted by Gasteiger charge is 2.52. The van der Waals surface area contributed by atoms with Gasteiger partial charge in [0.15, 0.2) is 12.2 Å². The molecule has 0 N–H and O–H groups in total. The molecule has 0 amide bonds. The van der Waals surface area contributed by atoms with E-state index >= 15 is 4.39 Å². The lowest BCUT2D eigenvalue weighted by Crippen LogP contribution is -2.61. The van der Waals surface area contributed by atoms with Gasteiger partial charge in [0.1, 0.15) is 12.7 Å². The van der Waals surface area contributed by atoms with E-state index in [2.05, 4.69) is 0 Å².